The number of nitrogens with zero attached hydrogens (tertiary/aromatic N) is 2. The third kappa shape index (κ3) is 4.22. The van der Waals surface area contributed by atoms with E-state index >= 15 is 0 Å². The number of rotatable bonds is 3. The second-order valence-corrected chi connectivity index (χ2v) is 6.62. The average Bonchev–Trinajstić information content (AvgIpc) is 3.16. The summed E-state index contributed by atoms with van der Waals surface area (Å²) in [5, 5.41) is 12.5. The van der Waals surface area contributed by atoms with Crippen LogP contribution in [0.15, 0.2) is 24.3 Å². The van der Waals surface area contributed by atoms with Gasteiger partial charge < -0.3 is 25.0 Å². The molecule has 2 heterocycles. The summed E-state index contributed by atoms with van der Waals surface area (Å²) in [4.78, 5) is 28.3. The number of benzene rings is 1. The quantitative estimate of drug-likeness (QED) is 0.867. The molecule has 0 unspecified atom stereocenters. The van der Waals surface area contributed by atoms with Crippen LogP contribution in [0.1, 0.15) is 30.1 Å². The largest absolute Gasteiger partial charge is 0.508 e. The van der Waals surface area contributed by atoms with Crippen molar-refractivity contribution in [2.45, 2.75) is 31.9 Å². The highest BCUT2D eigenvalue weighted by Crippen LogP contribution is 2.17. The fourth-order valence-corrected chi connectivity index (χ4v) is 3.31. The van der Waals surface area contributed by atoms with Gasteiger partial charge in [-0.1, -0.05) is 6.07 Å². The van der Waals surface area contributed by atoms with Gasteiger partial charge in [0.05, 0.1) is 12.1 Å². The van der Waals surface area contributed by atoms with Gasteiger partial charge in [0, 0.05) is 38.3 Å². The molecule has 2 saturated heterocycles. The van der Waals surface area contributed by atoms with E-state index in [1.165, 1.54) is 12.1 Å². The van der Waals surface area contributed by atoms with Crippen molar-refractivity contribution < 1.29 is 19.4 Å². The molecule has 2 aliphatic rings. The maximum atomic E-state index is 12.5. The summed E-state index contributed by atoms with van der Waals surface area (Å²) in [6.45, 7) is 4.69. The van der Waals surface area contributed by atoms with Gasteiger partial charge in [-0.3, -0.25) is 4.79 Å². The van der Waals surface area contributed by atoms with E-state index in [1.54, 1.807) is 21.9 Å². The van der Waals surface area contributed by atoms with Gasteiger partial charge in [-0.25, -0.2) is 4.79 Å². The molecule has 7 heteroatoms. The van der Waals surface area contributed by atoms with E-state index in [2.05, 4.69) is 5.32 Å². The van der Waals surface area contributed by atoms with Crippen LogP contribution in [0.5, 0.6) is 5.75 Å². The van der Waals surface area contributed by atoms with Gasteiger partial charge in [-0.15, -0.1) is 0 Å². The van der Waals surface area contributed by atoms with Gasteiger partial charge >= 0.3 is 6.03 Å². The summed E-state index contributed by atoms with van der Waals surface area (Å²) in [5.74, 6) is -0.0457. The van der Waals surface area contributed by atoms with E-state index < -0.39 is 0 Å². The summed E-state index contributed by atoms with van der Waals surface area (Å²) in [6, 6.07) is 6.22. The van der Waals surface area contributed by atoms with Crippen LogP contribution in [0.25, 0.3) is 0 Å². The minimum atomic E-state index is -0.122. The van der Waals surface area contributed by atoms with E-state index in [-0.39, 0.29) is 29.8 Å². The molecule has 2 fully saturated rings. The van der Waals surface area contributed by atoms with E-state index in [4.69, 9.17) is 4.74 Å². The Bertz CT molecular complexity index is 623. The first-order valence-electron chi connectivity index (χ1n) is 8.80. The molecule has 1 aromatic rings. The molecule has 25 heavy (non-hydrogen) atoms. The molecular weight excluding hydrogens is 322 g/mol. The first-order valence-corrected chi connectivity index (χ1v) is 8.80. The zero-order valence-corrected chi connectivity index (χ0v) is 14.5. The molecule has 7 nitrogen and oxygen atoms in total. The number of ether oxygens (including phenoxy) is 1. The van der Waals surface area contributed by atoms with Gasteiger partial charge in [-0.05, 0) is 38.0 Å². The summed E-state index contributed by atoms with van der Waals surface area (Å²) in [5.41, 5.74) is 0.463. The molecule has 3 rings (SSSR count). The molecule has 0 aliphatic carbocycles. The molecule has 136 valence electrons. The highest BCUT2D eigenvalue weighted by atomic mass is 16.5. The van der Waals surface area contributed by atoms with Gasteiger partial charge in [0.1, 0.15) is 5.75 Å². The Morgan fingerprint density at radius 1 is 1.24 bits per heavy atom. The Kier molecular flexibility index (Phi) is 5.43. The Balaban J connectivity index is 1.49. The molecule has 0 bridgehead atoms. The van der Waals surface area contributed by atoms with E-state index in [9.17, 15) is 14.7 Å². The van der Waals surface area contributed by atoms with Gasteiger partial charge in [-0.2, -0.15) is 0 Å². The molecule has 2 aliphatic heterocycles. The predicted octanol–water partition coefficient (Wildman–Crippen LogP) is 1.43. The number of carbonyl (C=O) groups is 2. The van der Waals surface area contributed by atoms with Crippen molar-refractivity contribution in [1.82, 2.24) is 15.1 Å². The molecule has 1 aromatic carbocycles. The lowest BCUT2D eigenvalue weighted by molar-refractivity contribution is 0.0642. The molecule has 0 radical (unpaired) electrons. The normalized spacial score (nSPS) is 21.9. The van der Waals surface area contributed by atoms with Crippen molar-refractivity contribution in [2.24, 2.45) is 0 Å². The van der Waals surface area contributed by atoms with Crippen LogP contribution in [-0.2, 0) is 4.74 Å². The Morgan fingerprint density at radius 3 is 2.60 bits per heavy atom. The summed E-state index contributed by atoms with van der Waals surface area (Å²) in [6.07, 6.45) is 2.12. The van der Waals surface area contributed by atoms with Gasteiger partial charge in [0.15, 0.2) is 0 Å². The van der Waals surface area contributed by atoms with Crippen LogP contribution in [-0.4, -0.2) is 71.8 Å². The monoisotopic (exact) mass is 347 g/mol. The lowest BCUT2D eigenvalue weighted by Crippen LogP contribution is -2.55. The highest BCUT2D eigenvalue weighted by Gasteiger charge is 2.28. The van der Waals surface area contributed by atoms with Crippen molar-refractivity contribution >= 4 is 11.9 Å². The summed E-state index contributed by atoms with van der Waals surface area (Å²) in [7, 11) is 0. The van der Waals surface area contributed by atoms with Gasteiger partial charge in [0.2, 0.25) is 0 Å². The smallest absolute Gasteiger partial charge is 0.317 e. The van der Waals surface area contributed by atoms with Crippen molar-refractivity contribution in [2.75, 3.05) is 32.8 Å². The maximum Gasteiger partial charge on any atom is 0.317 e. The molecule has 0 spiro atoms. The molecule has 2 N–H and O–H groups in total. The molecule has 3 amide bonds. The third-order valence-corrected chi connectivity index (χ3v) is 4.82. The first kappa shape index (κ1) is 17.5. The minimum absolute atomic E-state index is 0.0121. The Morgan fingerprint density at radius 2 is 1.96 bits per heavy atom. The number of aromatic hydroxyl groups is 1. The zero-order valence-electron chi connectivity index (χ0n) is 14.5. The number of hydrogen-bond donors (Lipinski definition) is 2. The summed E-state index contributed by atoms with van der Waals surface area (Å²) < 4.78 is 5.60. The lowest BCUT2D eigenvalue weighted by atomic mass is 10.1. The zero-order chi connectivity index (χ0) is 17.8. The van der Waals surface area contributed by atoms with Crippen LogP contribution in [0.4, 0.5) is 4.79 Å². The lowest BCUT2D eigenvalue weighted by Gasteiger charge is -2.35. The number of hydrogen-bond acceptors (Lipinski definition) is 4. The number of urea groups is 1. The number of nitrogens with one attached hydrogen (secondary N) is 1. The van der Waals surface area contributed by atoms with Crippen molar-refractivity contribution in [3.05, 3.63) is 29.8 Å². The average molecular weight is 347 g/mol. The van der Waals surface area contributed by atoms with Crippen molar-refractivity contribution in [1.29, 1.82) is 0 Å². The fraction of sp³-hybridized carbons (Fsp3) is 0.556. The highest BCUT2D eigenvalue weighted by molar-refractivity contribution is 5.94. The van der Waals surface area contributed by atoms with Crippen LogP contribution < -0.4 is 5.32 Å². The van der Waals surface area contributed by atoms with E-state index in [1.807, 2.05) is 6.92 Å². The van der Waals surface area contributed by atoms with E-state index in [0.29, 0.717) is 31.7 Å². The standard InChI is InChI=1S/C18H25N3O4/c1-13(16-6-3-11-25-16)19-18(24)21-9-7-20(8-10-21)17(23)14-4-2-5-15(22)12-14/h2,4-5,12-13,16,22H,3,6-11H2,1H3,(H,19,24)/t13-,16+/m0/s1. The summed E-state index contributed by atoms with van der Waals surface area (Å²) >= 11 is 0. The molecule has 2 atom stereocenters. The number of piperazine rings is 1. The Hall–Kier alpha value is -2.28. The predicted molar refractivity (Wildman–Crippen MR) is 92.6 cm³/mol. The number of phenolic OH excluding ortho intramolecular Hbond substituents is 1. The topological polar surface area (TPSA) is 82.1 Å². The second kappa shape index (κ2) is 7.74. The van der Waals surface area contributed by atoms with E-state index in [0.717, 1.165) is 19.4 Å². The van der Waals surface area contributed by atoms with Crippen LogP contribution in [0, 0.1) is 0 Å². The van der Waals surface area contributed by atoms with Gasteiger partial charge in [0.25, 0.3) is 5.91 Å². The van der Waals surface area contributed by atoms with Crippen LogP contribution in [0.3, 0.4) is 0 Å². The molecule has 0 saturated carbocycles. The number of phenols is 1. The van der Waals surface area contributed by atoms with Crippen molar-refractivity contribution in [3.8, 4) is 5.75 Å². The van der Waals surface area contributed by atoms with Crippen molar-refractivity contribution in [3.63, 3.8) is 0 Å². The Labute approximate surface area is 147 Å². The van der Waals surface area contributed by atoms with Crippen LogP contribution in [0.2, 0.25) is 0 Å². The number of carbonyl (C=O) groups excluding carboxylic acids is 2. The van der Waals surface area contributed by atoms with Crippen LogP contribution >= 0.6 is 0 Å². The fourth-order valence-electron chi connectivity index (χ4n) is 3.31. The second-order valence-electron chi connectivity index (χ2n) is 6.62. The molecule has 0 aromatic heterocycles. The minimum Gasteiger partial charge on any atom is -0.508 e. The third-order valence-electron chi connectivity index (χ3n) is 4.82. The molecular formula is C18H25N3O4. The SMILES string of the molecule is C[C@H](NC(=O)N1CCN(C(=O)c2cccc(O)c2)CC1)[C@H]1CCCO1. The number of amides is 3. The first-order chi connectivity index (χ1) is 12.0. The maximum absolute atomic E-state index is 12.5.